The van der Waals surface area contributed by atoms with Crippen LogP contribution in [0.4, 0.5) is 0 Å². The number of nitrogens with two attached hydrogens (primary N) is 1. The Balaban J connectivity index is 1.96. The van der Waals surface area contributed by atoms with E-state index in [1.54, 1.807) is 0 Å². The predicted octanol–water partition coefficient (Wildman–Crippen LogP) is 0.883. The number of rotatable bonds is 4. The number of sulfonamides is 1. The van der Waals surface area contributed by atoms with Crippen molar-refractivity contribution in [2.75, 3.05) is 25.4 Å². The van der Waals surface area contributed by atoms with Gasteiger partial charge >= 0.3 is 0 Å². The maximum Gasteiger partial charge on any atom is 0.214 e. The largest absolute Gasteiger partial charge is 0.391 e. The lowest BCUT2D eigenvalue weighted by molar-refractivity contribution is 0.0384. The predicted molar refractivity (Wildman–Crippen MR) is 78.5 cm³/mol. The molecule has 2 fully saturated rings. The van der Waals surface area contributed by atoms with Crippen molar-refractivity contribution in [1.82, 2.24) is 4.31 Å². The van der Waals surface area contributed by atoms with Crippen molar-refractivity contribution < 1.29 is 13.2 Å². The van der Waals surface area contributed by atoms with Crippen molar-refractivity contribution >= 4 is 27.2 Å². The van der Waals surface area contributed by atoms with E-state index in [9.17, 15) is 8.42 Å². The molecule has 5 nitrogen and oxygen atoms in total. The highest BCUT2D eigenvalue weighted by Crippen LogP contribution is 2.26. The van der Waals surface area contributed by atoms with Crippen molar-refractivity contribution in [3.63, 3.8) is 0 Å². The molecule has 7 heteroatoms. The summed E-state index contributed by atoms with van der Waals surface area (Å²) in [5, 5.41) is 0. The van der Waals surface area contributed by atoms with Crippen LogP contribution in [0.15, 0.2) is 0 Å². The zero-order valence-electron chi connectivity index (χ0n) is 11.1. The molecular weight excluding hydrogens is 284 g/mol. The number of hydrogen-bond donors (Lipinski definition) is 1. The lowest BCUT2D eigenvalue weighted by atomic mass is 9.91. The van der Waals surface area contributed by atoms with E-state index < -0.39 is 16.1 Å². The van der Waals surface area contributed by atoms with Crippen LogP contribution in [-0.2, 0) is 14.8 Å². The quantitative estimate of drug-likeness (QED) is 0.781. The first kappa shape index (κ1) is 15.2. The highest BCUT2D eigenvalue weighted by Gasteiger charge is 2.32. The van der Waals surface area contributed by atoms with Crippen LogP contribution in [-0.4, -0.2) is 49.3 Å². The fourth-order valence-corrected chi connectivity index (χ4v) is 4.81. The summed E-state index contributed by atoms with van der Waals surface area (Å²) in [5.74, 6) is 0.571. The minimum absolute atomic E-state index is 0.234. The molecule has 2 rings (SSSR count). The molecule has 0 bridgehead atoms. The number of thiocarbonyl (C=S) groups is 1. The van der Waals surface area contributed by atoms with Gasteiger partial charge in [0.25, 0.3) is 0 Å². The molecule has 19 heavy (non-hydrogen) atoms. The third-order valence-corrected chi connectivity index (χ3v) is 6.18. The fraction of sp³-hybridized carbons (Fsp3) is 0.917. The third-order valence-electron chi connectivity index (χ3n) is 3.91. The average molecular weight is 306 g/mol. The highest BCUT2D eigenvalue weighted by molar-refractivity contribution is 7.89. The lowest BCUT2D eigenvalue weighted by Crippen LogP contribution is -2.50. The molecule has 0 radical (unpaired) electrons. The van der Waals surface area contributed by atoms with E-state index in [0.29, 0.717) is 19.1 Å². The first-order valence-electron chi connectivity index (χ1n) is 6.88. The first-order valence-corrected chi connectivity index (χ1v) is 8.89. The van der Waals surface area contributed by atoms with Gasteiger partial charge in [-0.05, 0) is 18.8 Å². The van der Waals surface area contributed by atoms with Crippen LogP contribution in [0.2, 0.25) is 0 Å². The molecule has 1 aliphatic carbocycles. The van der Waals surface area contributed by atoms with Crippen LogP contribution in [0.1, 0.15) is 32.1 Å². The Bertz CT molecular complexity index is 419. The number of hydrogen-bond acceptors (Lipinski definition) is 4. The van der Waals surface area contributed by atoms with Gasteiger partial charge in [-0.15, -0.1) is 0 Å². The van der Waals surface area contributed by atoms with E-state index in [0.717, 1.165) is 25.7 Å². The van der Waals surface area contributed by atoms with Gasteiger partial charge in [-0.25, -0.2) is 8.42 Å². The van der Waals surface area contributed by atoms with Gasteiger partial charge in [0.2, 0.25) is 10.0 Å². The van der Waals surface area contributed by atoms with Crippen LogP contribution < -0.4 is 5.73 Å². The second kappa shape index (κ2) is 6.47. The standard InChI is InChI=1S/C12H22N2O3S2/c13-12(18)11-8-14(6-7-17-11)19(15,16)9-10-4-2-1-3-5-10/h10-11H,1-9H2,(H2,13,18). The van der Waals surface area contributed by atoms with Crippen molar-refractivity contribution in [1.29, 1.82) is 0 Å². The Morgan fingerprint density at radius 2 is 2.00 bits per heavy atom. The summed E-state index contributed by atoms with van der Waals surface area (Å²) in [5.41, 5.74) is 5.54. The van der Waals surface area contributed by atoms with E-state index in [4.69, 9.17) is 22.7 Å². The summed E-state index contributed by atoms with van der Waals surface area (Å²) in [4.78, 5) is 0.234. The van der Waals surface area contributed by atoms with Crippen LogP contribution in [0.5, 0.6) is 0 Å². The molecule has 1 saturated heterocycles. The van der Waals surface area contributed by atoms with Crippen LogP contribution in [0, 0.1) is 5.92 Å². The highest BCUT2D eigenvalue weighted by atomic mass is 32.2. The summed E-state index contributed by atoms with van der Waals surface area (Å²) in [6.45, 7) is 1.05. The maximum atomic E-state index is 12.4. The van der Waals surface area contributed by atoms with Crippen LogP contribution in [0.25, 0.3) is 0 Å². The molecule has 0 aromatic rings. The van der Waals surface area contributed by atoms with Crippen molar-refractivity contribution in [2.45, 2.75) is 38.2 Å². The topological polar surface area (TPSA) is 72.6 Å². The Hall–Kier alpha value is -0.240. The van der Waals surface area contributed by atoms with Crippen molar-refractivity contribution in [2.24, 2.45) is 11.7 Å². The first-order chi connectivity index (χ1) is 8.99. The molecule has 0 spiro atoms. The molecule has 0 aromatic heterocycles. The normalized spacial score (nSPS) is 27.3. The van der Waals surface area contributed by atoms with Crippen molar-refractivity contribution in [3.05, 3.63) is 0 Å². The molecule has 1 unspecified atom stereocenters. The minimum atomic E-state index is -3.21. The summed E-state index contributed by atoms with van der Waals surface area (Å²) < 4.78 is 31.7. The Labute approximate surface area is 120 Å². The maximum absolute atomic E-state index is 12.4. The zero-order chi connectivity index (χ0) is 13.9. The van der Waals surface area contributed by atoms with Gasteiger partial charge in [-0.2, -0.15) is 4.31 Å². The van der Waals surface area contributed by atoms with Gasteiger partial charge in [0.15, 0.2) is 0 Å². The summed E-state index contributed by atoms with van der Waals surface area (Å²) in [6.07, 6.45) is 5.16. The molecule has 2 N–H and O–H groups in total. The third kappa shape index (κ3) is 4.11. The van der Waals surface area contributed by atoms with Gasteiger partial charge in [-0.3, -0.25) is 0 Å². The molecular formula is C12H22N2O3S2. The van der Waals surface area contributed by atoms with Gasteiger partial charge in [0.1, 0.15) is 11.1 Å². The molecule has 0 aromatic carbocycles. The molecule has 1 heterocycles. The Morgan fingerprint density at radius 3 is 2.63 bits per heavy atom. The smallest absolute Gasteiger partial charge is 0.214 e. The van der Waals surface area contributed by atoms with Crippen LogP contribution >= 0.6 is 12.2 Å². The van der Waals surface area contributed by atoms with Gasteiger partial charge in [-0.1, -0.05) is 31.5 Å². The van der Waals surface area contributed by atoms with E-state index in [2.05, 4.69) is 0 Å². The van der Waals surface area contributed by atoms with Crippen molar-refractivity contribution in [3.8, 4) is 0 Å². The lowest BCUT2D eigenvalue weighted by Gasteiger charge is -2.33. The molecule has 1 atom stereocenters. The van der Waals surface area contributed by atoms with Gasteiger partial charge in [0.05, 0.1) is 12.4 Å². The number of ether oxygens (including phenoxy) is 1. The minimum Gasteiger partial charge on any atom is -0.391 e. The summed E-state index contributed by atoms with van der Waals surface area (Å²) in [6, 6.07) is 0. The molecule has 1 aliphatic heterocycles. The van der Waals surface area contributed by atoms with E-state index >= 15 is 0 Å². The number of morpholine rings is 1. The van der Waals surface area contributed by atoms with Gasteiger partial charge in [0, 0.05) is 13.1 Å². The van der Waals surface area contributed by atoms with E-state index in [1.807, 2.05) is 0 Å². The van der Waals surface area contributed by atoms with Crippen LogP contribution in [0.3, 0.4) is 0 Å². The fourth-order valence-electron chi connectivity index (χ4n) is 2.81. The SMILES string of the molecule is NC(=S)C1CN(S(=O)(=O)CC2CCCCC2)CCO1. The molecule has 2 aliphatic rings. The van der Waals surface area contributed by atoms with E-state index in [-0.39, 0.29) is 17.3 Å². The monoisotopic (exact) mass is 306 g/mol. The molecule has 0 amide bonds. The summed E-state index contributed by atoms with van der Waals surface area (Å²) in [7, 11) is -3.21. The Morgan fingerprint density at radius 1 is 1.32 bits per heavy atom. The van der Waals surface area contributed by atoms with Gasteiger partial charge < -0.3 is 10.5 Å². The average Bonchev–Trinajstić information content (AvgIpc) is 2.39. The second-order valence-electron chi connectivity index (χ2n) is 5.40. The second-order valence-corrected chi connectivity index (χ2v) is 7.89. The zero-order valence-corrected chi connectivity index (χ0v) is 12.7. The van der Waals surface area contributed by atoms with E-state index in [1.165, 1.54) is 10.7 Å². The summed E-state index contributed by atoms with van der Waals surface area (Å²) >= 11 is 4.88. The number of nitrogens with zero attached hydrogens (tertiary/aromatic N) is 1. The Kier molecular flexibility index (Phi) is 5.16. The molecule has 110 valence electrons. The molecule has 1 saturated carbocycles.